The van der Waals surface area contributed by atoms with Crippen LogP contribution < -0.4 is 5.32 Å². The molecule has 1 amide bonds. The molecule has 1 N–H and O–H groups in total. The van der Waals surface area contributed by atoms with Crippen molar-refractivity contribution in [3.63, 3.8) is 0 Å². The van der Waals surface area contributed by atoms with Crippen LogP contribution >= 0.6 is 0 Å². The number of piperidine rings is 1. The maximum atomic E-state index is 12.3. The van der Waals surface area contributed by atoms with Crippen molar-refractivity contribution < 1.29 is 4.79 Å². The zero-order valence-corrected chi connectivity index (χ0v) is 13.4. The van der Waals surface area contributed by atoms with Crippen LogP contribution in [-0.2, 0) is 4.79 Å². The van der Waals surface area contributed by atoms with E-state index >= 15 is 0 Å². The van der Waals surface area contributed by atoms with E-state index < -0.39 is 0 Å². The van der Waals surface area contributed by atoms with Gasteiger partial charge in [0.05, 0.1) is 6.54 Å². The molecule has 120 valence electrons. The molecule has 0 unspecified atom stereocenters. The van der Waals surface area contributed by atoms with Crippen LogP contribution in [0.1, 0.15) is 25.7 Å². The van der Waals surface area contributed by atoms with Crippen molar-refractivity contribution in [3.8, 4) is 0 Å². The molecule has 5 heteroatoms. The number of rotatable bonds is 5. The summed E-state index contributed by atoms with van der Waals surface area (Å²) in [6, 6.07) is 0.821. The highest BCUT2D eigenvalue weighted by atomic mass is 16.2. The van der Waals surface area contributed by atoms with E-state index in [0.717, 1.165) is 51.2 Å². The van der Waals surface area contributed by atoms with E-state index in [0.29, 0.717) is 12.5 Å². The molecule has 0 atom stereocenters. The second kappa shape index (κ2) is 7.07. The van der Waals surface area contributed by atoms with Gasteiger partial charge in [0.2, 0.25) is 5.91 Å². The van der Waals surface area contributed by atoms with Crippen LogP contribution in [0, 0.1) is 5.92 Å². The number of hydrogen-bond acceptors (Lipinski definition) is 4. The lowest BCUT2D eigenvalue weighted by Crippen LogP contribution is -2.51. The highest BCUT2D eigenvalue weighted by molar-refractivity contribution is 5.78. The Kier molecular flexibility index (Phi) is 5.14. The third-order valence-electron chi connectivity index (χ3n) is 5.19. The van der Waals surface area contributed by atoms with Gasteiger partial charge in [-0.05, 0) is 58.3 Å². The maximum Gasteiger partial charge on any atom is 0.236 e. The largest absolute Gasteiger partial charge is 0.339 e. The number of likely N-dealkylation sites (tertiary alicyclic amines) is 1. The van der Waals surface area contributed by atoms with Gasteiger partial charge in [-0.25, -0.2) is 0 Å². The Balaban J connectivity index is 1.33. The van der Waals surface area contributed by atoms with E-state index in [1.165, 1.54) is 32.2 Å². The first-order valence-electron chi connectivity index (χ1n) is 8.63. The maximum absolute atomic E-state index is 12.3. The van der Waals surface area contributed by atoms with Crippen LogP contribution in [0.3, 0.4) is 0 Å². The van der Waals surface area contributed by atoms with E-state index in [1.54, 1.807) is 0 Å². The molecule has 0 aromatic heterocycles. The topological polar surface area (TPSA) is 38.8 Å². The van der Waals surface area contributed by atoms with Gasteiger partial charge >= 0.3 is 0 Å². The summed E-state index contributed by atoms with van der Waals surface area (Å²) in [5, 5.41) is 3.64. The number of piperazine rings is 1. The summed E-state index contributed by atoms with van der Waals surface area (Å²) >= 11 is 0. The lowest BCUT2D eigenvalue weighted by molar-refractivity contribution is -0.134. The minimum atomic E-state index is 0.331. The van der Waals surface area contributed by atoms with Crippen molar-refractivity contribution in [2.45, 2.75) is 31.7 Å². The molecule has 3 rings (SSSR count). The number of carbonyl (C=O) groups is 1. The first-order valence-corrected chi connectivity index (χ1v) is 8.63. The van der Waals surface area contributed by atoms with Crippen LogP contribution in [0.25, 0.3) is 0 Å². The molecule has 3 aliphatic rings. The second-order valence-corrected chi connectivity index (χ2v) is 7.09. The molecule has 2 heterocycles. The van der Waals surface area contributed by atoms with Gasteiger partial charge in [-0.3, -0.25) is 9.69 Å². The Morgan fingerprint density at radius 1 is 1.00 bits per heavy atom. The number of hydrogen-bond donors (Lipinski definition) is 1. The Morgan fingerprint density at radius 2 is 1.67 bits per heavy atom. The van der Waals surface area contributed by atoms with E-state index in [9.17, 15) is 4.79 Å². The molecule has 0 spiro atoms. The molecular weight excluding hydrogens is 264 g/mol. The van der Waals surface area contributed by atoms with Crippen molar-refractivity contribution in [3.05, 3.63) is 0 Å². The summed E-state index contributed by atoms with van der Waals surface area (Å²) < 4.78 is 0. The van der Waals surface area contributed by atoms with E-state index in [1.807, 2.05) is 4.90 Å². The standard InChI is InChI=1S/C16H30N4O/c1-18-8-10-20(11-9-18)16(21)13-19-6-4-14(5-7-19)12-17-15-2-3-15/h14-15,17H,2-13H2,1H3. The number of nitrogens with zero attached hydrogens (tertiary/aromatic N) is 3. The normalized spacial score (nSPS) is 26.2. The monoisotopic (exact) mass is 294 g/mol. The Bertz CT molecular complexity index is 342. The highest BCUT2D eigenvalue weighted by Crippen LogP contribution is 2.21. The van der Waals surface area contributed by atoms with Gasteiger partial charge in [-0.1, -0.05) is 0 Å². The number of amides is 1. The predicted molar refractivity (Wildman–Crippen MR) is 84.3 cm³/mol. The van der Waals surface area contributed by atoms with Crippen molar-refractivity contribution in [1.82, 2.24) is 20.0 Å². The van der Waals surface area contributed by atoms with E-state index in [2.05, 4.69) is 22.2 Å². The van der Waals surface area contributed by atoms with Crippen molar-refractivity contribution in [1.29, 1.82) is 0 Å². The average Bonchev–Trinajstić information content (AvgIpc) is 3.31. The first kappa shape index (κ1) is 15.3. The Labute approximate surface area is 128 Å². The molecule has 1 saturated carbocycles. The van der Waals surface area contributed by atoms with Crippen LogP contribution in [0.4, 0.5) is 0 Å². The van der Waals surface area contributed by atoms with E-state index in [4.69, 9.17) is 0 Å². The van der Waals surface area contributed by atoms with Crippen LogP contribution in [0.2, 0.25) is 0 Å². The second-order valence-electron chi connectivity index (χ2n) is 7.09. The molecule has 0 aromatic carbocycles. The third kappa shape index (κ3) is 4.66. The number of likely N-dealkylation sites (N-methyl/N-ethyl adjacent to an activating group) is 1. The Hall–Kier alpha value is -0.650. The highest BCUT2D eigenvalue weighted by Gasteiger charge is 2.26. The predicted octanol–water partition coefficient (Wildman–Crippen LogP) is 0.224. The number of carbonyl (C=O) groups excluding carboxylic acids is 1. The zero-order chi connectivity index (χ0) is 14.7. The van der Waals surface area contributed by atoms with Crippen molar-refractivity contribution in [2.24, 2.45) is 5.92 Å². The van der Waals surface area contributed by atoms with Crippen LogP contribution in [0.5, 0.6) is 0 Å². The van der Waals surface area contributed by atoms with Gasteiger partial charge in [-0.15, -0.1) is 0 Å². The van der Waals surface area contributed by atoms with Gasteiger partial charge in [0.25, 0.3) is 0 Å². The minimum absolute atomic E-state index is 0.331. The molecule has 0 bridgehead atoms. The average molecular weight is 294 g/mol. The van der Waals surface area contributed by atoms with Crippen molar-refractivity contribution >= 4 is 5.91 Å². The fraction of sp³-hybridized carbons (Fsp3) is 0.938. The zero-order valence-electron chi connectivity index (χ0n) is 13.4. The van der Waals surface area contributed by atoms with Crippen LogP contribution in [0.15, 0.2) is 0 Å². The van der Waals surface area contributed by atoms with Crippen LogP contribution in [-0.4, -0.2) is 86.1 Å². The SMILES string of the molecule is CN1CCN(C(=O)CN2CCC(CNC3CC3)CC2)CC1. The van der Waals surface area contributed by atoms with Gasteiger partial charge in [0.1, 0.15) is 0 Å². The summed E-state index contributed by atoms with van der Waals surface area (Å²) in [5.74, 6) is 1.15. The first-order chi connectivity index (χ1) is 10.2. The molecule has 0 aromatic rings. The lowest BCUT2D eigenvalue weighted by Gasteiger charge is -2.36. The summed E-state index contributed by atoms with van der Waals surface area (Å²) in [7, 11) is 2.13. The molecule has 0 radical (unpaired) electrons. The summed E-state index contributed by atoms with van der Waals surface area (Å²) in [6.07, 6.45) is 5.24. The van der Waals surface area contributed by atoms with Gasteiger partial charge in [-0.2, -0.15) is 0 Å². The fourth-order valence-electron chi connectivity index (χ4n) is 3.32. The summed E-state index contributed by atoms with van der Waals surface area (Å²) in [5.41, 5.74) is 0. The minimum Gasteiger partial charge on any atom is -0.339 e. The van der Waals surface area contributed by atoms with Gasteiger partial charge in [0.15, 0.2) is 0 Å². The smallest absolute Gasteiger partial charge is 0.236 e. The number of nitrogens with one attached hydrogen (secondary N) is 1. The van der Waals surface area contributed by atoms with Crippen molar-refractivity contribution in [2.75, 3.05) is 59.4 Å². The van der Waals surface area contributed by atoms with Gasteiger partial charge in [0, 0.05) is 32.2 Å². The van der Waals surface area contributed by atoms with E-state index in [-0.39, 0.29) is 0 Å². The molecule has 3 fully saturated rings. The summed E-state index contributed by atoms with van der Waals surface area (Å²) in [6.45, 7) is 7.83. The summed E-state index contributed by atoms with van der Waals surface area (Å²) in [4.78, 5) is 19.0. The molecule has 5 nitrogen and oxygen atoms in total. The fourth-order valence-corrected chi connectivity index (χ4v) is 3.32. The van der Waals surface area contributed by atoms with Gasteiger partial charge < -0.3 is 15.1 Å². The molecule has 2 saturated heterocycles. The Morgan fingerprint density at radius 3 is 2.29 bits per heavy atom. The lowest BCUT2D eigenvalue weighted by atomic mass is 9.96. The molecule has 1 aliphatic carbocycles. The third-order valence-corrected chi connectivity index (χ3v) is 5.19. The molecular formula is C16H30N4O. The quantitative estimate of drug-likeness (QED) is 0.787. The molecule has 21 heavy (non-hydrogen) atoms. The molecule has 2 aliphatic heterocycles.